The van der Waals surface area contributed by atoms with Crippen LogP contribution in [-0.2, 0) is 5.41 Å². The van der Waals surface area contributed by atoms with Gasteiger partial charge in [-0.2, -0.15) is 0 Å². The fourth-order valence-corrected chi connectivity index (χ4v) is 3.13. The number of nitrogens with one attached hydrogen (secondary N) is 1. The van der Waals surface area contributed by atoms with E-state index in [1.807, 2.05) is 6.07 Å². The molecule has 0 radical (unpaired) electrons. The maximum absolute atomic E-state index is 6.13. The molecule has 0 aromatic heterocycles. The lowest BCUT2D eigenvalue weighted by Gasteiger charge is -2.30. The molecule has 0 atom stereocenters. The van der Waals surface area contributed by atoms with E-state index in [1.54, 1.807) is 0 Å². The molecule has 17 heavy (non-hydrogen) atoms. The lowest BCUT2D eigenvalue weighted by molar-refractivity contribution is 0.405. The first-order chi connectivity index (χ1) is 8.27. The van der Waals surface area contributed by atoms with Gasteiger partial charge in [0.1, 0.15) is 0 Å². The summed E-state index contributed by atoms with van der Waals surface area (Å²) in [5, 5.41) is 4.46. The van der Waals surface area contributed by atoms with Gasteiger partial charge in [-0.1, -0.05) is 43.5 Å². The summed E-state index contributed by atoms with van der Waals surface area (Å²) < 4.78 is 0. The third-order valence-electron chi connectivity index (χ3n) is 3.89. The van der Waals surface area contributed by atoms with Crippen molar-refractivity contribution in [3.63, 3.8) is 0 Å². The third-order valence-corrected chi connectivity index (χ3v) is 4.12. The quantitative estimate of drug-likeness (QED) is 0.776. The first-order valence-corrected chi connectivity index (χ1v) is 7.11. The SMILES string of the molecule is CCCNCC1(c2cccc(Cl)c2)CCCC1. The van der Waals surface area contributed by atoms with Crippen LogP contribution in [0.3, 0.4) is 0 Å². The van der Waals surface area contributed by atoms with Crippen LogP contribution in [0.25, 0.3) is 0 Å². The highest BCUT2D eigenvalue weighted by Crippen LogP contribution is 2.41. The second-order valence-electron chi connectivity index (χ2n) is 5.17. The van der Waals surface area contributed by atoms with Gasteiger partial charge in [-0.05, 0) is 43.5 Å². The molecule has 2 heteroatoms. The molecule has 1 aromatic rings. The van der Waals surface area contributed by atoms with Crippen LogP contribution < -0.4 is 5.32 Å². The zero-order valence-electron chi connectivity index (χ0n) is 10.6. The molecule has 1 nitrogen and oxygen atoms in total. The summed E-state index contributed by atoms with van der Waals surface area (Å²) in [5.41, 5.74) is 1.76. The molecule has 1 N–H and O–H groups in total. The molecule has 0 spiro atoms. The van der Waals surface area contributed by atoms with E-state index < -0.39 is 0 Å². The maximum atomic E-state index is 6.13. The molecule has 1 aliphatic carbocycles. The minimum Gasteiger partial charge on any atom is -0.316 e. The second-order valence-corrected chi connectivity index (χ2v) is 5.61. The largest absolute Gasteiger partial charge is 0.316 e. The molecule has 1 saturated carbocycles. The average molecular weight is 252 g/mol. The molecule has 1 aromatic carbocycles. The molecular weight excluding hydrogens is 230 g/mol. The van der Waals surface area contributed by atoms with Gasteiger partial charge in [0.25, 0.3) is 0 Å². The van der Waals surface area contributed by atoms with Crippen LogP contribution in [-0.4, -0.2) is 13.1 Å². The summed E-state index contributed by atoms with van der Waals surface area (Å²) in [4.78, 5) is 0. The number of halogens is 1. The van der Waals surface area contributed by atoms with E-state index in [9.17, 15) is 0 Å². The Kier molecular flexibility index (Phi) is 4.47. The molecular formula is C15H22ClN. The monoisotopic (exact) mass is 251 g/mol. The van der Waals surface area contributed by atoms with Gasteiger partial charge in [-0.25, -0.2) is 0 Å². The first-order valence-electron chi connectivity index (χ1n) is 6.74. The van der Waals surface area contributed by atoms with Crippen molar-refractivity contribution in [2.45, 2.75) is 44.4 Å². The Hall–Kier alpha value is -0.530. The molecule has 1 aliphatic rings. The normalized spacial score (nSPS) is 18.5. The van der Waals surface area contributed by atoms with Crippen LogP contribution in [0.4, 0.5) is 0 Å². The number of rotatable bonds is 5. The first kappa shape index (κ1) is 12.9. The Morgan fingerprint density at radius 3 is 2.71 bits per heavy atom. The lowest BCUT2D eigenvalue weighted by atomic mass is 9.79. The Labute approximate surface area is 110 Å². The molecule has 0 unspecified atom stereocenters. The van der Waals surface area contributed by atoms with Crippen LogP contribution in [0.2, 0.25) is 5.02 Å². The van der Waals surface area contributed by atoms with E-state index in [-0.39, 0.29) is 0 Å². The average Bonchev–Trinajstić information content (AvgIpc) is 2.79. The van der Waals surface area contributed by atoms with Crippen molar-refractivity contribution in [2.75, 3.05) is 13.1 Å². The highest BCUT2D eigenvalue weighted by Gasteiger charge is 2.35. The maximum Gasteiger partial charge on any atom is 0.0408 e. The van der Waals surface area contributed by atoms with Crippen LogP contribution in [0.15, 0.2) is 24.3 Å². The third kappa shape index (κ3) is 3.02. The van der Waals surface area contributed by atoms with Gasteiger partial charge in [-0.3, -0.25) is 0 Å². The Morgan fingerprint density at radius 2 is 2.06 bits per heavy atom. The summed E-state index contributed by atoms with van der Waals surface area (Å²) in [6.45, 7) is 4.43. The number of hydrogen-bond donors (Lipinski definition) is 1. The highest BCUT2D eigenvalue weighted by molar-refractivity contribution is 6.30. The van der Waals surface area contributed by atoms with Crippen LogP contribution >= 0.6 is 11.6 Å². The molecule has 0 aliphatic heterocycles. The summed E-state index contributed by atoms with van der Waals surface area (Å²) in [7, 11) is 0. The van der Waals surface area contributed by atoms with Crippen molar-refractivity contribution in [3.05, 3.63) is 34.9 Å². The summed E-state index contributed by atoms with van der Waals surface area (Å²) in [5.74, 6) is 0. The predicted molar refractivity (Wildman–Crippen MR) is 74.8 cm³/mol. The van der Waals surface area contributed by atoms with Crippen molar-refractivity contribution >= 4 is 11.6 Å². The fourth-order valence-electron chi connectivity index (χ4n) is 2.94. The van der Waals surface area contributed by atoms with Gasteiger partial charge in [0.05, 0.1) is 0 Å². The molecule has 2 rings (SSSR count). The standard InChI is InChI=1S/C15H22ClN/c1-2-10-17-12-15(8-3-4-9-15)13-6-5-7-14(16)11-13/h5-7,11,17H,2-4,8-10,12H2,1H3. The molecule has 0 bridgehead atoms. The van der Waals surface area contributed by atoms with Gasteiger partial charge in [0.2, 0.25) is 0 Å². The van der Waals surface area contributed by atoms with Crippen molar-refractivity contribution in [2.24, 2.45) is 0 Å². The minimum absolute atomic E-state index is 0.333. The topological polar surface area (TPSA) is 12.0 Å². The van der Waals surface area contributed by atoms with Crippen molar-refractivity contribution < 1.29 is 0 Å². The van der Waals surface area contributed by atoms with Crippen LogP contribution in [0.5, 0.6) is 0 Å². The van der Waals surface area contributed by atoms with Crippen molar-refractivity contribution in [1.29, 1.82) is 0 Å². The van der Waals surface area contributed by atoms with Crippen molar-refractivity contribution in [3.8, 4) is 0 Å². The lowest BCUT2D eigenvalue weighted by Crippen LogP contribution is -2.36. The van der Waals surface area contributed by atoms with E-state index in [4.69, 9.17) is 11.6 Å². The smallest absolute Gasteiger partial charge is 0.0408 e. The molecule has 0 saturated heterocycles. The van der Waals surface area contributed by atoms with Gasteiger partial charge in [-0.15, -0.1) is 0 Å². The van der Waals surface area contributed by atoms with Gasteiger partial charge >= 0.3 is 0 Å². The van der Waals surface area contributed by atoms with Crippen LogP contribution in [0.1, 0.15) is 44.6 Å². The van der Waals surface area contributed by atoms with Crippen LogP contribution in [0, 0.1) is 0 Å². The van der Waals surface area contributed by atoms with E-state index in [0.29, 0.717) is 5.41 Å². The Morgan fingerprint density at radius 1 is 1.29 bits per heavy atom. The second kappa shape index (κ2) is 5.88. The minimum atomic E-state index is 0.333. The predicted octanol–water partition coefficient (Wildman–Crippen LogP) is 4.15. The molecule has 94 valence electrons. The van der Waals surface area contributed by atoms with Gasteiger partial charge < -0.3 is 5.32 Å². The molecule has 0 amide bonds. The fraction of sp³-hybridized carbons (Fsp3) is 0.600. The Balaban J connectivity index is 2.15. The highest BCUT2D eigenvalue weighted by atomic mass is 35.5. The summed E-state index contributed by atoms with van der Waals surface area (Å²) in [6, 6.07) is 8.44. The number of hydrogen-bond acceptors (Lipinski definition) is 1. The Bertz CT molecular complexity index is 356. The zero-order valence-corrected chi connectivity index (χ0v) is 11.4. The van der Waals surface area contributed by atoms with E-state index in [0.717, 1.165) is 18.1 Å². The summed E-state index contributed by atoms with van der Waals surface area (Å²) in [6.07, 6.45) is 6.49. The van der Waals surface area contributed by atoms with E-state index in [1.165, 1.54) is 37.7 Å². The number of benzene rings is 1. The van der Waals surface area contributed by atoms with E-state index >= 15 is 0 Å². The van der Waals surface area contributed by atoms with E-state index in [2.05, 4.69) is 30.4 Å². The zero-order chi connectivity index (χ0) is 12.1. The molecule has 1 fully saturated rings. The van der Waals surface area contributed by atoms with Gasteiger partial charge in [0.15, 0.2) is 0 Å². The van der Waals surface area contributed by atoms with Crippen molar-refractivity contribution in [1.82, 2.24) is 5.32 Å². The molecule has 0 heterocycles. The van der Waals surface area contributed by atoms with Gasteiger partial charge in [0, 0.05) is 17.0 Å². The summed E-state index contributed by atoms with van der Waals surface area (Å²) >= 11 is 6.13.